The maximum Gasteiger partial charge on any atom is 0.265 e. The van der Waals surface area contributed by atoms with Gasteiger partial charge in [0.1, 0.15) is 0 Å². The van der Waals surface area contributed by atoms with E-state index in [9.17, 15) is 8.78 Å². The molecule has 0 aliphatic rings. The summed E-state index contributed by atoms with van der Waals surface area (Å²) in [6.45, 7) is 0. The second-order valence-corrected chi connectivity index (χ2v) is 3.18. The van der Waals surface area contributed by atoms with Gasteiger partial charge in [0, 0.05) is 10.0 Å². The van der Waals surface area contributed by atoms with Crippen molar-refractivity contribution in [1.82, 2.24) is 0 Å². The first kappa shape index (κ1) is 8.94. The Labute approximate surface area is 76.3 Å². The van der Waals surface area contributed by atoms with E-state index in [-0.39, 0.29) is 10.6 Å². The molecule has 0 N–H and O–H groups in total. The van der Waals surface area contributed by atoms with Gasteiger partial charge in [0.05, 0.1) is 5.02 Å². The second kappa shape index (κ2) is 3.50. The van der Waals surface area contributed by atoms with Crippen LogP contribution in [0.1, 0.15) is 12.0 Å². The highest BCUT2D eigenvalue weighted by molar-refractivity contribution is 9.10. The quantitative estimate of drug-likeness (QED) is 0.696. The van der Waals surface area contributed by atoms with Gasteiger partial charge < -0.3 is 0 Å². The minimum atomic E-state index is -2.51. The average Bonchev–Trinajstić information content (AvgIpc) is 1.94. The lowest BCUT2D eigenvalue weighted by molar-refractivity contribution is 0.151. The van der Waals surface area contributed by atoms with Gasteiger partial charge in [0.25, 0.3) is 6.43 Å². The fourth-order valence-corrected chi connectivity index (χ4v) is 1.28. The minimum Gasteiger partial charge on any atom is -0.205 e. The van der Waals surface area contributed by atoms with Crippen LogP contribution >= 0.6 is 27.5 Å². The Morgan fingerprint density at radius 3 is 2.45 bits per heavy atom. The zero-order valence-corrected chi connectivity index (χ0v) is 7.66. The average molecular weight is 241 g/mol. The summed E-state index contributed by atoms with van der Waals surface area (Å²) in [7, 11) is 0. The lowest BCUT2D eigenvalue weighted by atomic mass is 10.2. The van der Waals surface area contributed by atoms with Gasteiger partial charge in [0.2, 0.25) is 0 Å². The number of alkyl halides is 2. The van der Waals surface area contributed by atoms with Crippen molar-refractivity contribution in [3.63, 3.8) is 0 Å². The fourth-order valence-electron chi connectivity index (χ4n) is 0.689. The highest BCUT2D eigenvalue weighted by Gasteiger charge is 2.12. The number of rotatable bonds is 1. The zero-order chi connectivity index (χ0) is 8.43. The van der Waals surface area contributed by atoms with Crippen LogP contribution in [0.15, 0.2) is 22.7 Å². The third kappa shape index (κ3) is 1.91. The normalized spacial score (nSPS) is 10.6. The smallest absolute Gasteiger partial charge is 0.205 e. The summed E-state index contributed by atoms with van der Waals surface area (Å²) in [4.78, 5) is 0. The van der Waals surface area contributed by atoms with Crippen molar-refractivity contribution < 1.29 is 8.78 Å². The Kier molecular flexibility index (Phi) is 2.84. The van der Waals surface area contributed by atoms with E-state index in [0.29, 0.717) is 4.47 Å². The molecule has 0 spiro atoms. The summed E-state index contributed by atoms with van der Waals surface area (Å²) in [5.74, 6) is 0. The molecule has 0 aliphatic carbocycles. The third-order valence-corrected chi connectivity index (χ3v) is 2.53. The lowest BCUT2D eigenvalue weighted by Gasteiger charge is -2.02. The number of benzene rings is 1. The molecule has 60 valence electrons. The van der Waals surface area contributed by atoms with Crippen LogP contribution in [-0.2, 0) is 0 Å². The summed E-state index contributed by atoms with van der Waals surface area (Å²) in [5.41, 5.74) is -0.138. The zero-order valence-electron chi connectivity index (χ0n) is 5.32. The molecule has 0 atom stereocenters. The van der Waals surface area contributed by atoms with E-state index in [1.807, 2.05) is 0 Å². The first-order chi connectivity index (χ1) is 5.13. The molecular weight excluding hydrogens is 237 g/mol. The summed E-state index contributed by atoms with van der Waals surface area (Å²) in [5, 5.41) is 0.0856. The highest BCUT2D eigenvalue weighted by Crippen LogP contribution is 2.32. The summed E-state index contributed by atoms with van der Waals surface area (Å²) in [6.07, 6.45) is -2.51. The van der Waals surface area contributed by atoms with Gasteiger partial charge in [0.15, 0.2) is 0 Å². The van der Waals surface area contributed by atoms with Crippen LogP contribution in [0.5, 0.6) is 0 Å². The maximum atomic E-state index is 12.1. The molecule has 0 unspecified atom stereocenters. The Bertz CT molecular complexity index is 263. The van der Waals surface area contributed by atoms with Crippen LogP contribution in [0.4, 0.5) is 8.78 Å². The minimum absolute atomic E-state index is 0.0856. The Hall–Kier alpha value is -0.150. The molecule has 0 nitrogen and oxygen atoms in total. The molecule has 1 aromatic carbocycles. The van der Waals surface area contributed by atoms with Gasteiger partial charge in [-0.2, -0.15) is 0 Å². The molecule has 0 aliphatic heterocycles. The van der Waals surface area contributed by atoms with Crippen LogP contribution in [-0.4, -0.2) is 0 Å². The predicted octanol–water partition coefficient (Wildman–Crippen LogP) is 4.04. The van der Waals surface area contributed by atoms with Gasteiger partial charge in [-0.05, 0) is 22.0 Å². The lowest BCUT2D eigenvalue weighted by Crippen LogP contribution is -1.85. The summed E-state index contributed by atoms with van der Waals surface area (Å²) in [6, 6.07) is 4.45. The van der Waals surface area contributed by atoms with Gasteiger partial charge in [-0.1, -0.05) is 23.7 Å². The number of halogens is 4. The molecule has 4 heteroatoms. The van der Waals surface area contributed by atoms with Crippen molar-refractivity contribution in [1.29, 1.82) is 0 Å². The van der Waals surface area contributed by atoms with E-state index in [0.717, 1.165) is 0 Å². The monoisotopic (exact) mass is 240 g/mol. The molecular formula is C7H4BrClF2. The SMILES string of the molecule is FC(F)c1cccc(Br)c1Cl. The van der Waals surface area contributed by atoms with Crippen molar-refractivity contribution in [2.75, 3.05) is 0 Å². The van der Waals surface area contributed by atoms with Gasteiger partial charge in [-0.15, -0.1) is 0 Å². The number of hydrogen-bond acceptors (Lipinski definition) is 0. The first-order valence-corrected chi connectivity index (χ1v) is 4.02. The molecule has 1 rings (SSSR count). The molecule has 0 bridgehead atoms. The summed E-state index contributed by atoms with van der Waals surface area (Å²) < 4.78 is 24.7. The molecule has 0 amide bonds. The Morgan fingerprint density at radius 2 is 2.00 bits per heavy atom. The third-order valence-electron chi connectivity index (χ3n) is 1.22. The van der Waals surface area contributed by atoms with E-state index in [2.05, 4.69) is 15.9 Å². The molecule has 0 fully saturated rings. The maximum absolute atomic E-state index is 12.1. The van der Waals surface area contributed by atoms with Crippen LogP contribution in [0.3, 0.4) is 0 Å². The second-order valence-electron chi connectivity index (χ2n) is 1.94. The van der Waals surface area contributed by atoms with Crippen molar-refractivity contribution in [3.8, 4) is 0 Å². The molecule has 0 saturated carbocycles. The van der Waals surface area contributed by atoms with E-state index in [1.165, 1.54) is 12.1 Å². The van der Waals surface area contributed by atoms with Crippen LogP contribution < -0.4 is 0 Å². The Morgan fingerprint density at radius 1 is 1.36 bits per heavy atom. The van der Waals surface area contributed by atoms with Gasteiger partial charge in [-0.3, -0.25) is 0 Å². The molecule has 0 saturated heterocycles. The van der Waals surface area contributed by atoms with Crippen molar-refractivity contribution in [2.24, 2.45) is 0 Å². The highest BCUT2D eigenvalue weighted by atomic mass is 79.9. The van der Waals surface area contributed by atoms with Gasteiger partial charge >= 0.3 is 0 Å². The van der Waals surface area contributed by atoms with E-state index < -0.39 is 6.43 Å². The van der Waals surface area contributed by atoms with Crippen LogP contribution in [0, 0.1) is 0 Å². The Balaban J connectivity index is 3.17. The van der Waals surface area contributed by atoms with Crippen molar-refractivity contribution >= 4 is 27.5 Å². The molecule has 0 radical (unpaired) electrons. The van der Waals surface area contributed by atoms with E-state index in [4.69, 9.17) is 11.6 Å². The van der Waals surface area contributed by atoms with Crippen LogP contribution in [0.25, 0.3) is 0 Å². The standard InChI is InChI=1S/C7H4BrClF2/c8-5-3-1-2-4(6(5)9)7(10)11/h1-3,7H. The fraction of sp³-hybridized carbons (Fsp3) is 0.143. The predicted molar refractivity (Wildman–Crippen MR) is 44.1 cm³/mol. The summed E-state index contributed by atoms with van der Waals surface area (Å²) >= 11 is 8.61. The largest absolute Gasteiger partial charge is 0.265 e. The van der Waals surface area contributed by atoms with E-state index in [1.54, 1.807) is 6.07 Å². The van der Waals surface area contributed by atoms with E-state index >= 15 is 0 Å². The van der Waals surface area contributed by atoms with Crippen LogP contribution in [0.2, 0.25) is 5.02 Å². The first-order valence-electron chi connectivity index (χ1n) is 2.85. The molecule has 11 heavy (non-hydrogen) atoms. The molecule has 1 aromatic rings. The molecule has 0 heterocycles. The molecule has 0 aromatic heterocycles. The van der Waals surface area contributed by atoms with Crippen molar-refractivity contribution in [2.45, 2.75) is 6.43 Å². The topological polar surface area (TPSA) is 0 Å². The van der Waals surface area contributed by atoms with Gasteiger partial charge in [-0.25, -0.2) is 8.78 Å². The number of hydrogen-bond donors (Lipinski definition) is 0. The van der Waals surface area contributed by atoms with Crippen molar-refractivity contribution in [3.05, 3.63) is 33.3 Å².